The monoisotopic (exact) mass is 367 g/mol. The topological polar surface area (TPSA) is 63.5 Å². The van der Waals surface area contributed by atoms with E-state index >= 15 is 0 Å². The first kappa shape index (κ1) is 16.9. The predicted octanol–water partition coefficient (Wildman–Crippen LogP) is 4.03. The molecule has 1 unspecified atom stereocenters. The largest absolute Gasteiger partial charge is 0.369 e. The summed E-state index contributed by atoms with van der Waals surface area (Å²) in [6.07, 6.45) is 3.42. The van der Waals surface area contributed by atoms with Crippen LogP contribution in [0.3, 0.4) is 0 Å². The summed E-state index contributed by atoms with van der Waals surface area (Å²) in [5, 5.41) is 15.7. The maximum Gasteiger partial charge on any atom is 0.130 e. The molecule has 2 aromatic carbocycles. The summed E-state index contributed by atoms with van der Waals surface area (Å²) in [6, 6.07) is 16.0. The minimum Gasteiger partial charge on any atom is -0.369 e. The summed E-state index contributed by atoms with van der Waals surface area (Å²) >= 11 is 6.11. The molecule has 0 bridgehead atoms. The molecular weight excluding hydrogens is 346 g/mol. The fourth-order valence-electron chi connectivity index (χ4n) is 3.76. The summed E-state index contributed by atoms with van der Waals surface area (Å²) in [4.78, 5) is 6.98. The lowest BCUT2D eigenvalue weighted by Gasteiger charge is -2.46. The van der Waals surface area contributed by atoms with Gasteiger partial charge in [-0.25, -0.2) is 4.99 Å². The molecule has 4 rings (SSSR count). The molecule has 0 aromatic heterocycles. The molecule has 5 nitrogen and oxygen atoms in total. The van der Waals surface area contributed by atoms with Crippen molar-refractivity contribution < 1.29 is 0 Å². The number of rotatable bonds is 3. The number of benzene rings is 2. The number of fused-ring (bicyclic) bond motifs is 1. The van der Waals surface area contributed by atoms with Gasteiger partial charge in [0, 0.05) is 24.7 Å². The molecule has 2 heterocycles. The van der Waals surface area contributed by atoms with Crippen LogP contribution < -0.4 is 10.6 Å². The minimum absolute atomic E-state index is 0.303. The average Bonchev–Trinajstić information content (AvgIpc) is 2.66. The molecule has 2 aliphatic rings. The van der Waals surface area contributed by atoms with E-state index in [1.807, 2.05) is 41.3 Å². The molecule has 1 atom stereocenters. The van der Waals surface area contributed by atoms with Crippen LogP contribution in [0.5, 0.6) is 0 Å². The van der Waals surface area contributed by atoms with Gasteiger partial charge in [0.2, 0.25) is 0 Å². The van der Waals surface area contributed by atoms with Crippen molar-refractivity contribution in [2.75, 3.05) is 18.4 Å². The highest BCUT2D eigenvalue weighted by molar-refractivity contribution is 6.30. The van der Waals surface area contributed by atoms with Gasteiger partial charge in [-0.15, -0.1) is 0 Å². The maximum absolute atomic E-state index is 7.67. The lowest BCUT2D eigenvalue weighted by molar-refractivity contribution is 0.289. The van der Waals surface area contributed by atoms with Crippen molar-refractivity contribution in [3.05, 3.63) is 59.1 Å². The van der Waals surface area contributed by atoms with E-state index in [1.54, 1.807) is 0 Å². The molecule has 0 saturated carbocycles. The Balaban J connectivity index is 1.65. The van der Waals surface area contributed by atoms with Crippen molar-refractivity contribution in [2.45, 2.75) is 24.9 Å². The highest BCUT2D eigenvalue weighted by Crippen LogP contribution is 2.37. The molecule has 0 amide bonds. The van der Waals surface area contributed by atoms with E-state index in [0.29, 0.717) is 6.54 Å². The number of likely N-dealkylation sites (tertiary alicyclic amines) is 1. The molecule has 1 fully saturated rings. The second-order valence-electron chi connectivity index (χ2n) is 6.87. The van der Waals surface area contributed by atoms with Crippen LogP contribution in [0, 0.1) is 5.41 Å². The molecule has 0 aliphatic carbocycles. The van der Waals surface area contributed by atoms with Gasteiger partial charge in [-0.2, -0.15) is 0 Å². The quantitative estimate of drug-likeness (QED) is 0.567. The van der Waals surface area contributed by atoms with E-state index in [0.717, 1.165) is 53.7 Å². The molecule has 0 radical (unpaired) electrons. The Labute approximate surface area is 158 Å². The zero-order chi connectivity index (χ0) is 18.0. The van der Waals surface area contributed by atoms with E-state index in [4.69, 9.17) is 22.0 Å². The number of piperidine rings is 1. The molecule has 3 N–H and O–H groups in total. The second kappa shape index (κ2) is 7.00. The second-order valence-corrected chi connectivity index (χ2v) is 7.31. The lowest BCUT2D eigenvalue weighted by atomic mass is 9.85. The molecule has 1 spiro atoms. The zero-order valence-corrected chi connectivity index (χ0v) is 15.3. The number of hydrogen-bond donors (Lipinski definition) is 3. The van der Waals surface area contributed by atoms with E-state index in [9.17, 15) is 0 Å². The van der Waals surface area contributed by atoms with Crippen molar-refractivity contribution in [2.24, 2.45) is 4.99 Å². The van der Waals surface area contributed by atoms with Crippen LogP contribution in [0.4, 0.5) is 11.4 Å². The molecule has 6 heteroatoms. The van der Waals surface area contributed by atoms with Gasteiger partial charge in [-0.05, 0) is 42.7 Å². The maximum atomic E-state index is 7.67. The molecule has 26 heavy (non-hydrogen) atoms. The standard InChI is InChI=1S/C20H22ClN5/c21-16-6-3-5-15(11-16)12-23-19-20(9-4-10-26(13-20)14-22)25-18-8-2-1-7-17(18)24-19/h1-3,5-8,11,14,22,25H,4,9-10,12-13H2,(H,23,24). The van der Waals surface area contributed by atoms with Crippen molar-refractivity contribution in [3.8, 4) is 0 Å². The van der Waals surface area contributed by atoms with E-state index in [2.05, 4.69) is 22.8 Å². The zero-order valence-electron chi connectivity index (χ0n) is 14.5. The first-order valence-electron chi connectivity index (χ1n) is 8.88. The minimum atomic E-state index is -0.303. The van der Waals surface area contributed by atoms with Gasteiger partial charge in [0.25, 0.3) is 0 Å². The average molecular weight is 368 g/mol. The number of hydrogen-bond acceptors (Lipinski definition) is 4. The number of amidine groups is 1. The molecule has 1 saturated heterocycles. The van der Waals surface area contributed by atoms with Gasteiger partial charge in [0.05, 0.1) is 17.7 Å². The van der Waals surface area contributed by atoms with E-state index < -0.39 is 0 Å². The Morgan fingerprint density at radius 2 is 2.15 bits per heavy atom. The Morgan fingerprint density at radius 3 is 3.00 bits per heavy atom. The molecule has 134 valence electrons. The first-order chi connectivity index (χ1) is 12.7. The number of halogens is 1. The normalized spacial score (nSPS) is 21.6. The van der Waals surface area contributed by atoms with Crippen LogP contribution in [0.25, 0.3) is 0 Å². The van der Waals surface area contributed by atoms with Gasteiger partial charge < -0.3 is 15.5 Å². The third kappa shape index (κ3) is 3.27. The summed E-state index contributed by atoms with van der Waals surface area (Å²) < 4.78 is 0. The van der Waals surface area contributed by atoms with E-state index in [-0.39, 0.29) is 5.54 Å². The van der Waals surface area contributed by atoms with Gasteiger partial charge in [0.1, 0.15) is 11.4 Å². The Bertz CT molecular complexity index is 850. The van der Waals surface area contributed by atoms with Crippen LogP contribution >= 0.6 is 11.6 Å². The van der Waals surface area contributed by atoms with Crippen molar-refractivity contribution >= 4 is 35.1 Å². The highest BCUT2D eigenvalue weighted by atomic mass is 35.5. The van der Waals surface area contributed by atoms with Crippen LogP contribution in [0.15, 0.2) is 53.5 Å². The van der Waals surface area contributed by atoms with Crippen LogP contribution in [-0.4, -0.2) is 35.7 Å². The number of anilines is 1. The van der Waals surface area contributed by atoms with Gasteiger partial charge in [-0.3, -0.25) is 5.41 Å². The van der Waals surface area contributed by atoms with Crippen molar-refractivity contribution in [3.63, 3.8) is 0 Å². The number of para-hydroxylation sites is 2. The smallest absolute Gasteiger partial charge is 0.130 e. The summed E-state index contributed by atoms with van der Waals surface area (Å²) in [6.45, 7) is 2.30. The van der Waals surface area contributed by atoms with Gasteiger partial charge in [-0.1, -0.05) is 35.9 Å². The summed E-state index contributed by atoms with van der Waals surface area (Å²) in [7, 11) is 0. The van der Waals surface area contributed by atoms with Crippen molar-refractivity contribution in [1.82, 2.24) is 10.2 Å². The first-order valence-corrected chi connectivity index (χ1v) is 9.26. The van der Waals surface area contributed by atoms with E-state index in [1.165, 1.54) is 6.34 Å². The fraction of sp³-hybridized carbons (Fsp3) is 0.300. The van der Waals surface area contributed by atoms with Gasteiger partial charge in [0.15, 0.2) is 0 Å². The number of nitrogens with one attached hydrogen (secondary N) is 3. The Hall–Kier alpha value is -2.53. The summed E-state index contributed by atoms with van der Waals surface area (Å²) in [5.74, 6) is 0.933. The summed E-state index contributed by atoms with van der Waals surface area (Å²) in [5.41, 5.74) is 2.81. The van der Waals surface area contributed by atoms with Crippen LogP contribution in [0.2, 0.25) is 5.02 Å². The van der Waals surface area contributed by atoms with Crippen LogP contribution in [-0.2, 0) is 6.54 Å². The lowest BCUT2D eigenvalue weighted by Crippen LogP contribution is -2.62. The Kier molecular flexibility index (Phi) is 4.55. The third-order valence-corrected chi connectivity index (χ3v) is 5.25. The SMILES string of the molecule is N=CN1CCCC2(C1)Nc1ccccc1N=C2NCc1cccc(Cl)c1. The number of aliphatic imine (C=N–C) groups is 1. The molecule has 2 aromatic rings. The fourth-order valence-corrected chi connectivity index (χ4v) is 3.97. The molecular formula is C20H22ClN5. The number of nitrogens with zero attached hydrogens (tertiary/aromatic N) is 2. The molecule has 2 aliphatic heterocycles. The highest BCUT2D eigenvalue weighted by Gasteiger charge is 2.42. The van der Waals surface area contributed by atoms with Gasteiger partial charge >= 0.3 is 0 Å². The van der Waals surface area contributed by atoms with Crippen LogP contribution in [0.1, 0.15) is 18.4 Å². The van der Waals surface area contributed by atoms with Crippen molar-refractivity contribution in [1.29, 1.82) is 5.41 Å². The predicted molar refractivity (Wildman–Crippen MR) is 108 cm³/mol. The third-order valence-electron chi connectivity index (χ3n) is 5.02. The Morgan fingerprint density at radius 1 is 1.27 bits per heavy atom.